The summed E-state index contributed by atoms with van der Waals surface area (Å²) in [5, 5.41) is 9.02. The second-order valence-corrected chi connectivity index (χ2v) is 5.47. The van der Waals surface area contributed by atoms with E-state index in [9.17, 15) is 9.59 Å². The number of carbonyl (C=O) groups excluding carboxylic acids is 1. The van der Waals surface area contributed by atoms with Crippen LogP contribution < -0.4 is 5.73 Å². The third kappa shape index (κ3) is 1.69. The molecule has 16 heavy (non-hydrogen) atoms. The van der Waals surface area contributed by atoms with E-state index in [2.05, 4.69) is 0 Å². The van der Waals surface area contributed by atoms with Gasteiger partial charge in [0.2, 0.25) is 5.91 Å². The molecule has 6 heteroatoms. The first-order valence-corrected chi connectivity index (χ1v) is 6.58. The average Bonchev–Trinajstić information content (AvgIpc) is 2.64. The highest BCUT2D eigenvalue weighted by Crippen LogP contribution is 2.43. The Labute approximate surface area is 98.4 Å². The van der Waals surface area contributed by atoms with E-state index < -0.39 is 17.4 Å². The monoisotopic (exact) mass is 244 g/mol. The van der Waals surface area contributed by atoms with Crippen molar-refractivity contribution in [2.75, 3.05) is 18.2 Å². The number of carboxylic acids is 1. The van der Waals surface area contributed by atoms with Crippen molar-refractivity contribution in [3.05, 3.63) is 0 Å². The SMILES string of the molecule is NCC1(C(=O)N2CSC[C@H]2C(=O)O)CCC1. The number of thioether (sulfide) groups is 1. The molecule has 3 N–H and O–H groups in total. The molecule has 0 bridgehead atoms. The lowest BCUT2D eigenvalue weighted by Gasteiger charge is -2.42. The van der Waals surface area contributed by atoms with Crippen molar-refractivity contribution >= 4 is 23.6 Å². The van der Waals surface area contributed by atoms with E-state index in [1.54, 1.807) is 0 Å². The van der Waals surface area contributed by atoms with Crippen molar-refractivity contribution in [1.29, 1.82) is 0 Å². The van der Waals surface area contributed by atoms with Crippen molar-refractivity contribution in [3.63, 3.8) is 0 Å². The number of carboxylic acid groups (broad SMARTS) is 1. The van der Waals surface area contributed by atoms with Crippen LogP contribution in [-0.4, -0.2) is 46.1 Å². The maximum atomic E-state index is 12.3. The van der Waals surface area contributed by atoms with E-state index >= 15 is 0 Å². The van der Waals surface area contributed by atoms with Gasteiger partial charge in [0.15, 0.2) is 0 Å². The molecular weight excluding hydrogens is 228 g/mol. The van der Waals surface area contributed by atoms with E-state index in [-0.39, 0.29) is 5.91 Å². The second kappa shape index (κ2) is 4.25. The third-order valence-corrected chi connectivity index (χ3v) is 4.60. The summed E-state index contributed by atoms with van der Waals surface area (Å²) in [4.78, 5) is 24.7. The first kappa shape index (κ1) is 11.7. The molecule has 2 fully saturated rings. The Hall–Kier alpha value is -0.750. The minimum atomic E-state index is -0.912. The van der Waals surface area contributed by atoms with Gasteiger partial charge in [-0.15, -0.1) is 11.8 Å². The zero-order chi connectivity index (χ0) is 11.8. The maximum absolute atomic E-state index is 12.3. The highest BCUT2D eigenvalue weighted by molar-refractivity contribution is 7.99. The van der Waals surface area contributed by atoms with Gasteiger partial charge in [0.1, 0.15) is 6.04 Å². The van der Waals surface area contributed by atoms with Crippen LogP contribution >= 0.6 is 11.8 Å². The van der Waals surface area contributed by atoms with Gasteiger partial charge in [-0.25, -0.2) is 4.79 Å². The van der Waals surface area contributed by atoms with Crippen LogP contribution in [0.2, 0.25) is 0 Å². The molecule has 2 aliphatic rings. The fourth-order valence-electron chi connectivity index (χ4n) is 2.26. The van der Waals surface area contributed by atoms with E-state index in [0.29, 0.717) is 18.2 Å². The minimum absolute atomic E-state index is 0.0568. The van der Waals surface area contributed by atoms with Gasteiger partial charge in [-0.1, -0.05) is 6.42 Å². The predicted octanol–water partition coefficient (Wildman–Crippen LogP) is 0.101. The number of amides is 1. The van der Waals surface area contributed by atoms with E-state index in [1.165, 1.54) is 16.7 Å². The molecule has 1 saturated heterocycles. The van der Waals surface area contributed by atoms with Gasteiger partial charge in [-0.2, -0.15) is 0 Å². The second-order valence-electron chi connectivity index (χ2n) is 4.47. The fraction of sp³-hybridized carbons (Fsp3) is 0.800. The quantitative estimate of drug-likeness (QED) is 0.735. The number of hydrogen-bond acceptors (Lipinski definition) is 4. The van der Waals surface area contributed by atoms with Gasteiger partial charge in [-0.3, -0.25) is 4.79 Å². The molecule has 2 rings (SSSR count). The number of hydrogen-bond donors (Lipinski definition) is 2. The molecule has 0 radical (unpaired) electrons. The zero-order valence-electron chi connectivity index (χ0n) is 9.02. The number of nitrogens with two attached hydrogens (primary N) is 1. The Morgan fingerprint density at radius 3 is 2.62 bits per heavy atom. The molecular formula is C10H16N2O3S. The minimum Gasteiger partial charge on any atom is -0.480 e. The average molecular weight is 244 g/mol. The molecule has 1 heterocycles. The topological polar surface area (TPSA) is 83.6 Å². The lowest BCUT2D eigenvalue weighted by atomic mass is 9.67. The van der Waals surface area contributed by atoms with Crippen LogP contribution in [0.15, 0.2) is 0 Å². The molecule has 0 spiro atoms. The largest absolute Gasteiger partial charge is 0.480 e. The molecule has 1 aliphatic carbocycles. The molecule has 0 aromatic rings. The van der Waals surface area contributed by atoms with Crippen molar-refractivity contribution in [2.24, 2.45) is 11.1 Å². The molecule has 5 nitrogen and oxygen atoms in total. The lowest BCUT2D eigenvalue weighted by Crippen LogP contribution is -2.54. The van der Waals surface area contributed by atoms with Crippen molar-refractivity contribution in [3.8, 4) is 0 Å². The summed E-state index contributed by atoms with van der Waals surface area (Å²) >= 11 is 1.49. The van der Waals surface area contributed by atoms with E-state index in [1.807, 2.05) is 0 Å². The van der Waals surface area contributed by atoms with E-state index in [0.717, 1.165) is 19.3 Å². The van der Waals surface area contributed by atoms with Crippen LogP contribution in [-0.2, 0) is 9.59 Å². The first-order valence-electron chi connectivity index (χ1n) is 5.42. The fourth-order valence-corrected chi connectivity index (χ4v) is 3.41. The highest BCUT2D eigenvalue weighted by atomic mass is 32.2. The summed E-state index contributed by atoms with van der Waals surface area (Å²) in [6, 6.07) is -0.665. The number of aliphatic carboxylic acids is 1. The number of rotatable bonds is 3. The van der Waals surface area contributed by atoms with Gasteiger partial charge in [0.25, 0.3) is 0 Å². The first-order chi connectivity index (χ1) is 7.60. The maximum Gasteiger partial charge on any atom is 0.327 e. The summed E-state index contributed by atoms with van der Waals surface area (Å²) in [6.07, 6.45) is 2.62. The molecule has 1 aliphatic heterocycles. The number of nitrogens with zero attached hydrogens (tertiary/aromatic N) is 1. The van der Waals surface area contributed by atoms with Crippen LogP contribution in [0.3, 0.4) is 0 Å². The van der Waals surface area contributed by atoms with Gasteiger partial charge < -0.3 is 15.7 Å². The normalized spacial score (nSPS) is 27.6. The van der Waals surface area contributed by atoms with Crippen molar-refractivity contribution < 1.29 is 14.7 Å². The summed E-state index contributed by atoms with van der Waals surface area (Å²) in [5.41, 5.74) is 5.20. The Bertz CT molecular complexity index is 312. The predicted molar refractivity (Wildman–Crippen MR) is 60.9 cm³/mol. The van der Waals surface area contributed by atoms with E-state index in [4.69, 9.17) is 10.8 Å². The van der Waals surface area contributed by atoms with Crippen LogP contribution in [0, 0.1) is 5.41 Å². The zero-order valence-corrected chi connectivity index (χ0v) is 9.83. The summed E-state index contributed by atoms with van der Waals surface area (Å²) in [6.45, 7) is 0.333. The smallest absolute Gasteiger partial charge is 0.327 e. The third-order valence-electron chi connectivity index (χ3n) is 3.58. The Kier molecular flexibility index (Phi) is 3.12. The van der Waals surface area contributed by atoms with Gasteiger partial charge in [-0.05, 0) is 12.8 Å². The standard InChI is InChI=1S/C10H16N2O3S/c11-5-10(2-1-3-10)9(15)12-6-16-4-7(12)8(13)14/h7H,1-6,11H2,(H,13,14)/t7-/m0/s1. The molecule has 0 aromatic carbocycles. The summed E-state index contributed by atoms with van der Waals surface area (Å²) < 4.78 is 0. The van der Waals surface area contributed by atoms with Crippen LogP contribution in [0.5, 0.6) is 0 Å². The molecule has 90 valence electrons. The van der Waals surface area contributed by atoms with Gasteiger partial charge >= 0.3 is 5.97 Å². The summed E-state index contributed by atoms with van der Waals surface area (Å²) in [7, 11) is 0. The molecule has 0 aromatic heterocycles. The van der Waals surface area contributed by atoms with Crippen LogP contribution in [0.4, 0.5) is 0 Å². The molecule has 1 atom stereocenters. The van der Waals surface area contributed by atoms with Crippen molar-refractivity contribution in [1.82, 2.24) is 4.90 Å². The molecule has 0 unspecified atom stereocenters. The Balaban J connectivity index is 2.12. The molecule has 1 amide bonds. The highest BCUT2D eigenvalue weighted by Gasteiger charge is 2.48. The lowest BCUT2D eigenvalue weighted by molar-refractivity contribution is -0.155. The molecule has 1 saturated carbocycles. The van der Waals surface area contributed by atoms with Crippen LogP contribution in [0.25, 0.3) is 0 Å². The Morgan fingerprint density at radius 1 is 1.50 bits per heavy atom. The van der Waals surface area contributed by atoms with Crippen molar-refractivity contribution in [2.45, 2.75) is 25.3 Å². The van der Waals surface area contributed by atoms with Crippen LogP contribution in [0.1, 0.15) is 19.3 Å². The van der Waals surface area contributed by atoms with Gasteiger partial charge in [0, 0.05) is 12.3 Å². The number of carbonyl (C=O) groups is 2. The summed E-state index contributed by atoms with van der Waals surface area (Å²) in [5.74, 6) is 0.00252. The Morgan fingerprint density at radius 2 is 2.19 bits per heavy atom. The van der Waals surface area contributed by atoms with Gasteiger partial charge in [0.05, 0.1) is 11.3 Å².